The molecule has 0 bridgehead atoms. The Balaban J connectivity index is 1.87. The van der Waals surface area contributed by atoms with E-state index in [-0.39, 0.29) is 5.91 Å². The second-order valence-corrected chi connectivity index (χ2v) is 6.07. The topological polar surface area (TPSA) is 57.8 Å². The fourth-order valence-electron chi connectivity index (χ4n) is 1.65. The zero-order chi connectivity index (χ0) is 12.7. The lowest BCUT2D eigenvalue weighted by Crippen LogP contribution is -2.11. The molecule has 0 saturated heterocycles. The van der Waals surface area contributed by atoms with Crippen LogP contribution in [0.25, 0.3) is 9.40 Å². The van der Waals surface area contributed by atoms with Crippen molar-refractivity contribution in [3.05, 3.63) is 33.6 Å². The molecule has 4 nitrogen and oxygen atoms in total. The van der Waals surface area contributed by atoms with E-state index in [1.54, 1.807) is 11.3 Å². The summed E-state index contributed by atoms with van der Waals surface area (Å²) >= 11 is 3.15. The van der Waals surface area contributed by atoms with Gasteiger partial charge in [0.05, 0.1) is 4.88 Å². The number of anilines is 1. The van der Waals surface area contributed by atoms with E-state index in [1.165, 1.54) is 11.3 Å². The highest BCUT2D eigenvalue weighted by molar-refractivity contribution is 7.27. The van der Waals surface area contributed by atoms with E-state index in [0.717, 1.165) is 25.5 Å². The number of carbonyl (C=O) groups is 1. The third-order valence-corrected chi connectivity index (χ3v) is 4.94. The van der Waals surface area contributed by atoms with Gasteiger partial charge in [-0.1, -0.05) is 0 Å². The average Bonchev–Trinajstić information content (AvgIpc) is 2.98. The molecule has 1 amide bonds. The van der Waals surface area contributed by atoms with E-state index in [0.29, 0.717) is 5.82 Å². The lowest BCUT2D eigenvalue weighted by Gasteiger charge is -2.00. The van der Waals surface area contributed by atoms with Gasteiger partial charge in [0.25, 0.3) is 5.91 Å². The highest BCUT2D eigenvalue weighted by Crippen LogP contribution is 2.30. The molecule has 3 rings (SSSR count). The van der Waals surface area contributed by atoms with Gasteiger partial charge in [0.2, 0.25) is 0 Å². The number of carbonyl (C=O) groups excluding carboxylic acids is 1. The smallest absolute Gasteiger partial charge is 0.267 e. The van der Waals surface area contributed by atoms with E-state index < -0.39 is 0 Å². The minimum atomic E-state index is -0.0991. The largest absolute Gasteiger partial charge is 0.304 e. The summed E-state index contributed by atoms with van der Waals surface area (Å²) in [4.78, 5) is 12.8. The molecule has 0 aromatic carbocycles. The molecule has 3 aromatic rings. The second-order valence-electron chi connectivity index (χ2n) is 4.04. The van der Waals surface area contributed by atoms with Crippen molar-refractivity contribution in [3.8, 4) is 0 Å². The maximum atomic E-state index is 12.1. The standard InChI is InChI=1S/C12H11N3OS2/c1-6-7(2)14-15-11(6)13-12(16)10-5-9-8(18-10)3-4-17-9/h3-5H,1-2H3,(H2,13,14,15,16). The van der Waals surface area contributed by atoms with Crippen LogP contribution in [0.4, 0.5) is 5.82 Å². The van der Waals surface area contributed by atoms with Crippen molar-refractivity contribution < 1.29 is 4.79 Å². The first kappa shape index (κ1) is 11.4. The van der Waals surface area contributed by atoms with Gasteiger partial charge in [-0.25, -0.2) is 0 Å². The van der Waals surface area contributed by atoms with Crippen molar-refractivity contribution in [3.63, 3.8) is 0 Å². The Morgan fingerprint density at radius 2 is 2.22 bits per heavy atom. The summed E-state index contributed by atoms with van der Waals surface area (Å²) in [7, 11) is 0. The highest BCUT2D eigenvalue weighted by Gasteiger charge is 2.14. The molecule has 18 heavy (non-hydrogen) atoms. The van der Waals surface area contributed by atoms with Crippen LogP contribution in [-0.2, 0) is 0 Å². The predicted octanol–water partition coefficient (Wildman–Crippen LogP) is 3.56. The summed E-state index contributed by atoms with van der Waals surface area (Å²) in [5, 5.41) is 11.8. The summed E-state index contributed by atoms with van der Waals surface area (Å²) in [6, 6.07) is 3.96. The maximum absolute atomic E-state index is 12.1. The summed E-state index contributed by atoms with van der Waals surface area (Å²) in [6.45, 7) is 3.86. The van der Waals surface area contributed by atoms with Crippen molar-refractivity contribution in [1.82, 2.24) is 10.2 Å². The van der Waals surface area contributed by atoms with Gasteiger partial charge >= 0.3 is 0 Å². The molecule has 0 unspecified atom stereocenters. The number of amides is 1. The lowest BCUT2D eigenvalue weighted by atomic mass is 10.3. The van der Waals surface area contributed by atoms with Crippen molar-refractivity contribution in [2.45, 2.75) is 13.8 Å². The van der Waals surface area contributed by atoms with Crippen LogP contribution in [0.2, 0.25) is 0 Å². The molecular weight excluding hydrogens is 266 g/mol. The third-order valence-electron chi connectivity index (χ3n) is 2.85. The Hall–Kier alpha value is -1.66. The molecule has 6 heteroatoms. The van der Waals surface area contributed by atoms with Crippen molar-refractivity contribution in [2.24, 2.45) is 0 Å². The number of H-pyrrole nitrogens is 1. The third kappa shape index (κ3) is 1.83. The number of thiophene rings is 2. The van der Waals surface area contributed by atoms with E-state index >= 15 is 0 Å². The minimum absolute atomic E-state index is 0.0991. The van der Waals surface area contributed by atoms with Gasteiger partial charge in [-0.05, 0) is 31.4 Å². The Morgan fingerprint density at radius 3 is 2.89 bits per heavy atom. The van der Waals surface area contributed by atoms with Crippen LogP contribution < -0.4 is 5.32 Å². The Bertz CT molecular complexity index is 694. The Morgan fingerprint density at radius 1 is 1.39 bits per heavy atom. The van der Waals surface area contributed by atoms with E-state index in [1.807, 2.05) is 31.4 Å². The highest BCUT2D eigenvalue weighted by atomic mass is 32.1. The number of nitrogens with one attached hydrogen (secondary N) is 2. The molecule has 0 aliphatic heterocycles. The Labute approximate surface area is 112 Å². The molecule has 3 heterocycles. The summed E-state index contributed by atoms with van der Waals surface area (Å²) in [5.74, 6) is 0.507. The molecule has 0 saturated carbocycles. The molecule has 0 radical (unpaired) electrons. The lowest BCUT2D eigenvalue weighted by molar-refractivity contribution is 0.103. The van der Waals surface area contributed by atoms with Crippen molar-refractivity contribution in [1.29, 1.82) is 0 Å². The van der Waals surface area contributed by atoms with Crippen molar-refractivity contribution >= 4 is 43.8 Å². The van der Waals surface area contributed by atoms with Crippen LogP contribution in [0.5, 0.6) is 0 Å². The summed E-state index contributed by atoms with van der Waals surface area (Å²) in [6.07, 6.45) is 0. The fourth-order valence-corrected chi connectivity index (χ4v) is 3.66. The molecule has 3 aromatic heterocycles. The predicted molar refractivity (Wildman–Crippen MR) is 75.7 cm³/mol. The van der Waals surface area contributed by atoms with E-state index in [4.69, 9.17) is 0 Å². The maximum Gasteiger partial charge on any atom is 0.267 e. The van der Waals surface area contributed by atoms with Crippen LogP contribution in [0.1, 0.15) is 20.9 Å². The molecule has 0 fully saturated rings. The summed E-state index contributed by atoms with van der Waals surface area (Å²) in [5.41, 5.74) is 1.94. The monoisotopic (exact) mass is 277 g/mol. The number of aryl methyl sites for hydroxylation is 1. The van der Waals surface area contributed by atoms with Crippen LogP contribution in [0, 0.1) is 13.8 Å². The number of nitrogens with zero attached hydrogens (tertiary/aromatic N) is 1. The van der Waals surface area contributed by atoms with E-state index in [9.17, 15) is 4.79 Å². The summed E-state index contributed by atoms with van der Waals surface area (Å²) < 4.78 is 2.31. The molecule has 2 N–H and O–H groups in total. The number of aromatic nitrogens is 2. The number of rotatable bonds is 2. The van der Waals surface area contributed by atoms with Gasteiger partial charge in [0, 0.05) is 20.7 Å². The van der Waals surface area contributed by atoms with Gasteiger partial charge < -0.3 is 5.32 Å². The zero-order valence-electron chi connectivity index (χ0n) is 9.90. The van der Waals surface area contributed by atoms with Gasteiger partial charge in [0.15, 0.2) is 5.82 Å². The van der Waals surface area contributed by atoms with Crippen LogP contribution in [0.15, 0.2) is 17.5 Å². The van der Waals surface area contributed by atoms with E-state index in [2.05, 4.69) is 15.5 Å². The first-order valence-electron chi connectivity index (χ1n) is 5.45. The van der Waals surface area contributed by atoms with Gasteiger partial charge in [0.1, 0.15) is 0 Å². The van der Waals surface area contributed by atoms with Crippen LogP contribution in [-0.4, -0.2) is 16.1 Å². The number of hydrogen-bond acceptors (Lipinski definition) is 4. The molecule has 92 valence electrons. The average molecular weight is 277 g/mol. The first-order chi connectivity index (χ1) is 8.65. The fraction of sp³-hybridized carbons (Fsp3) is 0.167. The SMILES string of the molecule is Cc1[nH]nc(NC(=O)c2cc3sccc3s2)c1C. The zero-order valence-corrected chi connectivity index (χ0v) is 11.5. The van der Waals surface area contributed by atoms with Crippen LogP contribution >= 0.6 is 22.7 Å². The molecule has 0 aliphatic carbocycles. The molecule has 0 atom stereocenters. The first-order valence-corrected chi connectivity index (χ1v) is 7.14. The van der Waals surface area contributed by atoms with Crippen molar-refractivity contribution in [2.75, 3.05) is 5.32 Å². The normalized spacial score (nSPS) is 11.0. The van der Waals surface area contributed by atoms with Crippen LogP contribution in [0.3, 0.4) is 0 Å². The van der Waals surface area contributed by atoms with Gasteiger partial charge in [-0.2, -0.15) is 5.10 Å². The Kier molecular flexibility index (Phi) is 2.68. The number of fused-ring (bicyclic) bond motifs is 1. The number of hydrogen-bond donors (Lipinski definition) is 2. The second kappa shape index (κ2) is 4.22. The van der Waals surface area contributed by atoms with Gasteiger partial charge in [-0.3, -0.25) is 9.89 Å². The molecule has 0 aliphatic rings. The van der Waals surface area contributed by atoms with Gasteiger partial charge in [-0.15, -0.1) is 22.7 Å². The molecule has 0 spiro atoms. The quantitative estimate of drug-likeness (QED) is 0.752. The minimum Gasteiger partial charge on any atom is -0.304 e. The number of aromatic amines is 1. The molecular formula is C12H11N3OS2.